The van der Waals surface area contributed by atoms with Crippen molar-refractivity contribution in [1.29, 1.82) is 0 Å². The normalized spacial score (nSPS) is 59.8. The van der Waals surface area contributed by atoms with Crippen molar-refractivity contribution in [3.8, 4) is 0 Å². The lowest BCUT2D eigenvalue weighted by Gasteiger charge is -2.60. The largest absolute Gasteiger partial charge is 0.390 e. The van der Waals surface area contributed by atoms with Crippen molar-refractivity contribution in [2.24, 2.45) is 52.8 Å². The highest BCUT2D eigenvalue weighted by molar-refractivity contribution is 5.80. The Hall–Kier alpha value is -0.370. The number of carbonyl (C=O) groups is 1. The van der Waals surface area contributed by atoms with Gasteiger partial charge in [-0.3, -0.25) is 4.79 Å². The summed E-state index contributed by atoms with van der Waals surface area (Å²) < 4.78 is 0. The Morgan fingerprint density at radius 2 is 1.64 bits per heavy atom. The van der Waals surface area contributed by atoms with Gasteiger partial charge in [0.05, 0.1) is 5.60 Å². The van der Waals surface area contributed by atoms with E-state index in [-0.39, 0.29) is 5.41 Å². The van der Waals surface area contributed by atoms with Crippen LogP contribution in [0.4, 0.5) is 0 Å². The first-order chi connectivity index (χ1) is 11.8. The van der Waals surface area contributed by atoms with Crippen LogP contribution in [0.1, 0.15) is 78.6 Å². The zero-order valence-electron chi connectivity index (χ0n) is 16.3. The van der Waals surface area contributed by atoms with E-state index in [0.29, 0.717) is 11.7 Å². The second kappa shape index (κ2) is 5.33. The van der Waals surface area contributed by atoms with E-state index in [0.717, 1.165) is 54.3 Å². The standard InChI is InChI=1S/C23H36O2/c1-13(24)21-19-10-15(19)11-20-18-5-4-14-12-22(2,25)8-6-16(14)17(18)7-9-23(20,21)3/h14-21,25H,4-12H2,1-3H3/t14-,15+,16+,17-,18-,19+,20+,21?,22-,23+/m1/s1. The van der Waals surface area contributed by atoms with Crippen molar-refractivity contribution >= 4 is 5.78 Å². The molecule has 5 saturated carbocycles. The maximum absolute atomic E-state index is 12.5. The fraction of sp³-hybridized carbons (Fsp3) is 0.957. The molecule has 5 aliphatic rings. The number of hydrogen-bond donors (Lipinski definition) is 1. The topological polar surface area (TPSA) is 37.3 Å². The molecular formula is C23H36O2. The molecule has 0 heterocycles. The molecule has 1 unspecified atom stereocenters. The van der Waals surface area contributed by atoms with E-state index in [1.54, 1.807) is 0 Å². The van der Waals surface area contributed by atoms with Crippen LogP contribution >= 0.6 is 0 Å². The quantitative estimate of drug-likeness (QED) is 0.739. The van der Waals surface area contributed by atoms with Gasteiger partial charge in [-0.15, -0.1) is 0 Å². The number of rotatable bonds is 1. The van der Waals surface area contributed by atoms with Gasteiger partial charge in [0.25, 0.3) is 0 Å². The molecule has 0 amide bonds. The van der Waals surface area contributed by atoms with Crippen LogP contribution in [-0.2, 0) is 4.79 Å². The van der Waals surface area contributed by atoms with Gasteiger partial charge in [-0.1, -0.05) is 6.92 Å². The summed E-state index contributed by atoms with van der Waals surface area (Å²) in [7, 11) is 0. The van der Waals surface area contributed by atoms with Gasteiger partial charge < -0.3 is 5.11 Å². The van der Waals surface area contributed by atoms with Crippen LogP contribution in [0.15, 0.2) is 0 Å². The van der Waals surface area contributed by atoms with E-state index in [1.807, 2.05) is 6.92 Å². The van der Waals surface area contributed by atoms with Crippen LogP contribution in [0.2, 0.25) is 0 Å². The summed E-state index contributed by atoms with van der Waals surface area (Å²) in [6, 6.07) is 0. The highest BCUT2D eigenvalue weighted by atomic mass is 16.3. The lowest BCUT2D eigenvalue weighted by Crippen LogP contribution is -2.55. The SMILES string of the molecule is CC(=O)C1[C@H]2C[C@H]2C[C@H]2[C@@H]3CC[C@@H]4C[C@](C)(O)CC[C@@H]4[C@H]3CC[C@]12C. The Morgan fingerprint density at radius 3 is 2.40 bits per heavy atom. The van der Waals surface area contributed by atoms with Crippen LogP contribution in [0.25, 0.3) is 0 Å². The van der Waals surface area contributed by atoms with E-state index in [1.165, 1.54) is 44.9 Å². The number of Topliss-reactive ketones (excluding diaryl/α,β-unsaturated/α-hetero) is 1. The fourth-order valence-corrected chi connectivity index (χ4v) is 8.79. The first-order valence-corrected chi connectivity index (χ1v) is 11.0. The molecule has 5 rings (SSSR count). The predicted octanol–water partition coefficient (Wildman–Crippen LogP) is 4.84. The zero-order valence-corrected chi connectivity index (χ0v) is 16.3. The predicted molar refractivity (Wildman–Crippen MR) is 98.9 cm³/mol. The number of carbonyl (C=O) groups excluding carboxylic acids is 1. The Bertz CT molecular complexity index is 581. The number of fused-ring (bicyclic) bond motifs is 6. The molecule has 2 heteroatoms. The van der Waals surface area contributed by atoms with Crippen molar-refractivity contribution in [2.45, 2.75) is 84.2 Å². The van der Waals surface area contributed by atoms with Crippen molar-refractivity contribution in [2.75, 3.05) is 0 Å². The number of hydrogen-bond acceptors (Lipinski definition) is 2. The summed E-state index contributed by atoms with van der Waals surface area (Å²) in [6.07, 6.45) is 11.4. The molecule has 25 heavy (non-hydrogen) atoms. The van der Waals surface area contributed by atoms with E-state index in [2.05, 4.69) is 13.8 Å². The minimum atomic E-state index is -0.414. The van der Waals surface area contributed by atoms with Crippen molar-refractivity contribution in [1.82, 2.24) is 0 Å². The minimum Gasteiger partial charge on any atom is -0.390 e. The average Bonchev–Trinajstić information content (AvgIpc) is 3.28. The summed E-state index contributed by atoms with van der Waals surface area (Å²) in [6.45, 7) is 6.42. The van der Waals surface area contributed by atoms with Crippen LogP contribution < -0.4 is 0 Å². The van der Waals surface area contributed by atoms with Crippen LogP contribution in [0.5, 0.6) is 0 Å². The molecule has 0 aromatic rings. The Kier molecular flexibility index (Phi) is 3.58. The summed E-state index contributed by atoms with van der Waals surface area (Å²) >= 11 is 0. The summed E-state index contributed by atoms with van der Waals surface area (Å²) in [5.41, 5.74) is -0.124. The smallest absolute Gasteiger partial charge is 0.133 e. The molecule has 0 aromatic carbocycles. The Labute approximate surface area is 153 Å². The van der Waals surface area contributed by atoms with E-state index in [4.69, 9.17) is 0 Å². The third kappa shape index (κ3) is 2.42. The third-order valence-corrected chi connectivity index (χ3v) is 9.79. The molecule has 5 fully saturated rings. The third-order valence-electron chi connectivity index (χ3n) is 9.79. The van der Waals surface area contributed by atoms with E-state index in [9.17, 15) is 9.90 Å². The molecule has 0 aromatic heterocycles. The van der Waals surface area contributed by atoms with E-state index < -0.39 is 5.60 Å². The summed E-state index contributed by atoms with van der Waals surface area (Å²) in [4.78, 5) is 12.5. The maximum atomic E-state index is 12.5. The Balaban J connectivity index is 1.42. The summed E-state index contributed by atoms with van der Waals surface area (Å²) in [5.74, 6) is 6.62. The molecule has 140 valence electrons. The van der Waals surface area contributed by atoms with E-state index >= 15 is 0 Å². The zero-order chi connectivity index (χ0) is 17.6. The van der Waals surface area contributed by atoms with Gasteiger partial charge in [-0.2, -0.15) is 0 Å². The van der Waals surface area contributed by atoms with Crippen molar-refractivity contribution < 1.29 is 9.90 Å². The lowest BCUT2D eigenvalue weighted by atomic mass is 9.44. The van der Waals surface area contributed by atoms with Gasteiger partial charge in [-0.25, -0.2) is 0 Å². The molecule has 0 spiro atoms. The van der Waals surface area contributed by atoms with Gasteiger partial charge in [0.15, 0.2) is 0 Å². The lowest BCUT2D eigenvalue weighted by molar-refractivity contribution is -0.148. The van der Waals surface area contributed by atoms with Gasteiger partial charge in [0, 0.05) is 5.92 Å². The van der Waals surface area contributed by atoms with Crippen molar-refractivity contribution in [3.63, 3.8) is 0 Å². The molecule has 10 atom stereocenters. The first kappa shape index (κ1) is 16.8. The van der Waals surface area contributed by atoms with Gasteiger partial charge in [0.2, 0.25) is 0 Å². The summed E-state index contributed by atoms with van der Waals surface area (Å²) in [5, 5.41) is 10.5. The first-order valence-electron chi connectivity index (χ1n) is 11.0. The van der Waals surface area contributed by atoms with Crippen molar-refractivity contribution in [3.05, 3.63) is 0 Å². The molecule has 0 bridgehead atoms. The number of aliphatic hydroxyl groups is 1. The highest BCUT2D eigenvalue weighted by Gasteiger charge is 2.64. The van der Waals surface area contributed by atoms with Gasteiger partial charge >= 0.3 is 0 Å². The molecule has 0 radical (unpaired) electrons. The molecule has 0 aliphatic heterocycles. The molecule has 1 N–H and O–H groups in total. The van der Waals surface area contributed by atoms with Gasteiger partial charge in [0.1, 0.15) is 5.78 Å². The maximum Gasteiger partial charge on any atom is 0.133 e. The van der Waals surface area contributed by atoms with Crippen LogP contribution in [0, 0.1) is 52.8 Å². The van der Waals surface area contributed by atoms with Crippen LogP contribution in [-0.4, -0.2) is 16.5 Å². The molecular weight excluding hydrogens is 308 g/mol. The molecule has 5 aliphatic carbocycles. The van der Waals surface area contributed by atoms with Gasteiger partial charge in [-0.05, 0) is 118 Å². The Morgan fingerprint density at radius 1 is 0.880 bits per heavy atom. The average molecular weight is 345 g/mol. The molecule has 2 nitrogen and oxygen atoms in total. The molecule has 0 saturated heterocycles. The second-order valence-electron chi connectivity index (χ2n) is 11.2. The van der Waals surface area contributed by atoms with Crippen LogP contribution in [0.3, 0.4) is 0 Å². The second-order valence-corrected chi connectivity index (χ2v) is 11.2. The highest BCUT2D eigenvalue weighted by Crippen LogP contribution is 2.69. The minimum absolute atomic E-state index is 0.289. The fourth-order valence-electron chi connectivity index (χ4n) is 8.79. The monoisotopic (exact) mass is 344 g/mol. The number of ketones is 1.